The number of carboxylic acid groups (broad SMARTS) is 2. The molecule has 0 spiro atoms. The third-order valence-electron chi connectivity index (χ3n) is 0.440. The molecule has 0 atom stereocenters. The van der Waals surface area contributed by atoms with Crippen LogP contribution in [0.3, 0.4) is 0 Å². The van der Waals surface area contributed by atoms with Gasteiger partial charge in [0.2, 0.25) is 0 Å². The summed E-state index contributed by atoms with van der Waals surface area (Å²) in [5.74, 6) is -2.90. The molecule has 0 heterocycles. The Balaban J connectivity index is -0.000000107. The van der Waals surface area contributed by atoms with Crippen molar-refractivity contribution in [1.29, 1.82) is 0 Å². The van der Waals surface area contributed by atoms with Crippen molar-refractivity contribution in [3.8, 4) is 0 Å². The molecule has 12 heavy (non-hydrogen) atoms. The number of carbonyl (C=O) groups is 2. The summed E-state index contributed by atoms with van der Waals surface area (Å²) in [5.41, 5.74) is 0. The molecule has 0 fully saturated rings. The Morgan fingerprint density at radius 3 is 1.33 bits per heavy atom. The van der Waals surface area contributed by atoms with Gasteiger partial charge in [-0.05, 0) is 0 Å². The molecule has 0 rings (SSSR count). The summed E-state index contributed by atoms with van der Waals surface area (Å²) in [6.45, 7) is -1.43. The van der Waals surface area contributed by atoms with Gasteiger partial charge in [-0.15, -0.1) is 0 Å². The maximum absolute atomic E-state index is 9.53. The molecule has 0 saturated carbocycles. The molecular formula is C4H4Na3O5+. The van der Waals surface area contributed by atoms with Gasteiger partial charge in [-0.3, -0.25) is 0 Å². The Bertz CT molecular complexity index is 114. The predicted molar refractivity (Wildman–Crippen MR) is 20.8 cm³/mol. The smallest absolute Gasteiger partial charge is 0.548 e. The van der Waals surface area contributed by atoms with E-state index in [0.717, 1.165) is 0 Å². The molecule has 8 heteroatoms. The first-order chi connectivity index (χ1) is 4.13. The average Bonchev–Trinajstić information content (AvgIpc) is 1.63. The summed E-state index contributed by atoms with van der Waals surface area (Å²) in [6.07, 6.45) is 0. The number of hydrogen-bond acceptors (Lipinski definition) is 5. The van der Waals surface area contributed by atoms with Crippen molar-refractivity contribution in [2.75, 3.05) is 13.2 Å². The molecule has 0 amide bonds. The number of hydrogen-bond donors (Lipinski definition) is 0. The van der Waals surface area contributed by atoms with Gasteiger partial charge in [0, 0.05) is 0 Å². The van der Waals surface area contributed by atoms with Crippen LogP contribution < -0.4 is 98.9 Å². The molecular weight excluding hydrogens is 197 g/mol. The molecule has 0 aliphatic heterocycles. The summed E-state index contributed by atoms with van der Waals surface area (Å²) in [7, 11) is 0. The fraction of sp³-hybridized carbons (Fsp3) is 0.500. The number of ether oxygens (including phenoxy) is 1. The van der Waals surface area contributed by atoms with Crippen LogP contribution in [0.2, 0.25) is 0 Å². The van der Waals surface area contributed by atoms with E-state index >= 15 is 0 Å². The first-order valence-corrected chi connectivity index (χ1v) is 2.10. The van der Waals surface area contributed by atoms with Gasteiger partial charge in [-0.25, -0.2) is 0 Å². The van der Waals surface area contributed by atoms with Gasteiger partial charge >= 0.3 is 88.7 Å². The van der Waals surface area contributed by atoms with Crippen molar-refractivity contribution in [3.63, 3.8) is 0 Å². The topological polar surface area (TPSA) is 89.5 Å². The SMILES string of the molecule is O=C([O-])COCC(=O)[O-].[Na+].[Na+].[Na+]. The Hall–Kier alpha value is 1.90. The molecule has 0 radical (unpaired) electrons. The third-order valence-corrected chi connectivity index (χ3v) is 0.440. The van der Waals surface area contributed by atoms with Crippen LogP contribution in [0, 0.1) is 0 Å². The van der Waals surface area contributed by atoms with E-state index in [2.05, 4.69) is 4.74 Å². The van der Waals surface area contributed by atoms with Crippen molar-refractivity contribution in [2.24, 2.45) is 0 Å². The van der Waals surface area contributed by atoms with Crippen molar-refractivity contribution in [1.82, 2.24) is 0 Å². The van der Waals surface area contributed by atoms with E-state index in [1.807, 2.05) is 0 Å². The standard InChI is InChI=1S/C4H6O5.3Na/c5-3(6)1-9-2-4(7)8;;;/h1-2H2,(H,5,6)(H,7,8);;;/q;3*+1/p-2. The molecule has 52 valence electrons. The molecule has 0 unspecified atom stereocenters. The monoisotopic (exact) mass is 201 g/mol. The van der Waals surface area contributed by atoms with Crippen molar-refractivity contribution < 1.29 is 113 Å². The van der Waals surface area contributed by atoms with E-state index in [-0.39, 0.29) is 88.7 Å². The minimum absolute atomic E-state index is 0. The Kier molecular flexibility index (Phi) is 30.2. The van der Waals surface area contributed by atoms with Crippen molar-refractivity contribution in [3.05, 3.63) is 0 Å². The normalized spacial score (nSPS) is 6.67. The minimum Gasteiger partial charge on any atom is -0.548 e. The van der Waals surface area contributed by atoms with E-state index in [0.29, 0.717) is 0 Å². The fourth-order valence-electron chi connectivity index (χ4n) is 0.218. The van der Waals surface area contributed by atoms with Crippen molar-refractivity contribution in [2.45, 2.75) is 0 Å². The molecule has 0 aliphatic carbocycles. The number of rotatable bonds is 4. The Labute approximate surface area is 136 Å². The summed E-state index contributed by atoms with van der Waals surface area (Å²) in [6, 6.07) is 0. The second-order valence-electron chi connectivity index (χ2n) is 1.24. The van der Waals surface area contributed by atoms with Gasteiger partial charge in [0.15, 0.2) is 0 Å². The number of carbonyl (C=O) groups excluding carboxylic acids is 2. The van der Waals surface area contributed by atoms with Gasteiger partial charge in [0.1, 0.15) is 0 Å². The zero-order chi connectivity index (χ0) is 7.28. The van der Waals surface area contributed by atoms with Gasteiger partial charge in [-0.2, -0.15) is 0 Å². The molecule has 0 saturated heterocycles. The molecule has 0 bridgehead atoms. The van der Waals surface area contributed by atoms with Gasteiger partial charge in [-0.1, -0.05) is 0 Å². The zero-order valence-electron chi connectivity index (χ0n) is 7.46. The van der Waals surface area contributed by atoms with E-state index in [9.17, 15) is 19.8 Å². The summed E-state index contributed by atoms with van der Waals surface area (Å²) in [5, 5.41) is 19.1. The van der Waals surface area contributed by atoms with Crippen LogP contribution in [0.4, 0.5) is 0 Å². The number of aliphatic carboxylic acids is 2. The van der Waals surface area contributed by atoms with Crippen LogP contribution in [-0.2, 0) is 14.3 Å². The quantitative estimate of drug-likeness (QED) is 0.421. The van der Waals surface area contributed by atoms with Gasteiger partial charge in [0.25, 0.3) is 0 Å². The predicted octanol–water partition coefficient (Wildman–Crippen LogP) is -12.5. The molecule has 0 aromatic carbocycles. The Morgan fingerprint density at radius 1 is 0.917 bits per heavy atom. The van der Waals surface area contributed by atoms with Gasteiger partial charge in [0.05, 0.1) is 25.2 Å². The van der Waals surface area contributed by atoms with Crippen LogP contribution in [0.1, 0.15) is 0 Å². The van der Waals surface area contributed by atoms with E-state index in [1.54, 1.807) is 0 Å². The molecule has 0 aromatic rings. The van der Waals surface area contributed by atoms with E-state index in [4.69, 9.17) is 0 Å². The van der Waals surface area contributed by atoms with Crippen LogP contribution in [0.15, 0.2) is 0 Å². The zero-order valence-corrected chi connectivity index (χ0v) is 13.5. The van der Waals surface area contributed by atoms with Gasteiger partial charge < -0.3 is 24.5 Å². The van der Waals surface area contributed by atoms with Crippen LogP contribution in [-0.4, -0.2) is 25.2 Å². The second kappa shape index (κ2) is 15.4. The summed E-state index contributed by atoms with van der Waals surface area (Å²) in [4.78, 5) is 19.1. The molecule has 5 nitrogen and oxygen atoms in total. The van der Waals surface area contributed by atoms with Crippen LogP contribution in [0.25, 0.3) is 0 Å². The first kappa shape index (κ1) is 23.6. The van der Waals surface area contributed by atoms with Crippen LogP contribution >= 0.6 is 0 Å². The minimum atomic E-state index is -1.45. The molecule has 0 aliphatic rings. The van der Waals surface area contributed by atoms with E-state index in [1.165, 1.54) is 0 Å². The first-order valence-electron chi connectivity index (χ1n) is 2.10. The maximum Gasteiger partial charge on any atom is 1.00 e. The van der Waals surface area contributed by atoms with Crippen LogP contribution in [0.5, 0.6) is 0 Å². The molecule has 0 N–H and O–H groups in total. The summed E-state index contributed by atoms with van der Waals surface area (Å²) >= 11 is 0. The average molecular weight is 201 g/mol. The summed E-state index contributed by atoms with van der Waals surface area (Å²) < 4.78 is 4.03. The Morgan fingerprint density at radius 2 is 1.17 bits per heavy atom. The fourth-order valence-corrected chi connectivity index (χ4v) is 0.218. The molecule has 0 aromatic heterocycles. The third kappa shape index (κ3) is 22.7. The van der Waals surface area contributed by atoms with Crippen molar-refractivity contribution >= 4 is 11.9 Å². The number of carboxylic acids is 2. The maximum atomic E-state index is 9.53. The van der Waals surface area contributed by atoms with E-state index < -0.39 is 25.2 Å². The second-order valence-corrected chi connectivity index (χ2v) is 1.24. The largest absolute Gasteiger partial charge is 1.00 e.